The summed E-state index contributed by atoms with van der Waals surface area (Å²) in [5, 5.41) is 2.86. The first-order valence-corrected chi connectivity index (χ1v) is 11.8. The molecule has 0 aliphatic carbocycles. The van der Waals surface area contributed by atoms with E-state index in [1.165, 1.54) is 12.1 Å². The van der Waals surface area contributed by atoms with Gasteiger partial charge in [0.2, 0.25) is 0 Å². The number of benzene rings is 1. The van der Waals surface area contributed by atoms with Gasteiger partial charge >= 0.3 is 6.18 Å². The highest BCUT2D eigenvalue weighted by Gasteiger charge is 2.52. The number of hydrogen-bond acceptors (Lipinski definition) is 9. The zero-order chi connectivity index (χ0) is 24.7. The smallest absolute Gasteiger partial charge is 0.371 e. The molecule has 186 valence electrons. The van der Waals surface area contributed by atoms with E-state index in [4.69, 9.17) is 18.4 Å². The van der Waals surface area contributed by atoms with Crippen molar-refractivity contribution in [1.29, 1.82) is 0 Å². The lowest BCUT2D eigenvalue weighted by molar-refractivity contribution is -0.156. The Labute approximate surface area is 194 Å². The van der Waals surface area contributed by atoms with E-state index in [2.05, 4.69) is 15.3 Å². The summed E-state index contributed by atoms with van der Waals surface area (Å²) in [6.07, 6.45) is -5.06. The standard InChI is InChI=1S/C21H24F3N3O6S/c1-12-4-6-13(7-5-12)34(28,29)31-11-15-19-18(32-20(2,3)33-19)14(10-30-15)26-17-9-25-8-16(27-17)21(22,23)24/h4-9,14-15,18-19H,10-11H2,1-3H3,(H,26,27)/t14-,15+,18+,19-/m0/s1. The van der Waals surface area contributed by atoms with Crippen LogP contribution < -0.4 is 5.32 Å². The molecule has 0 radical (unpaired) electrons. The molecule has 2 aromatic rings. The van der Waals surface area contributed by atoms with Crippen molar-refractivity contribution in [2.45, 2.75) is 62.0 Å². The van der Waals surface area contributed by atoms with E-state index in [1.807, 2.05) is 6.92 Å². The molecule has 1 N–H and O–H groups in total. The Morgan fingerprint density at radius 3 is 2.50 bits per heavy atom. The highest BCUT2D eigenvalue weighted by molar-refractivity contribution is 7.86. The molecule has 0 spiro atoms. The van der Waals surface area contributed by atoms with E-state index in [9.17, 15) is 21.6 Å². The van der Waals surface area contributed by atoms with E-state index in [0.29, 0.717) is 6.20 Å². The molecular formula is C21H24F3N3O6S. The number of alkyl halides is 3. The molecule has 4 rings (SSSR count). The van der Waals surface area contributed by atoms with Crippen molar-refractivity contribution in [1.82, 2.24) is 9.97 Å². The van der Waals surface area contributed by atoms with Crippen LogP contribution in [0.5, 0.6) is 0 Å². The molecule has 0 bridgehead atoms. The van der Waals surface area contributed by atoms with Gasteiger partial charge in [-0.05, 0) is 32.9 Å². The summed E-state index contributed by atoms with van der Waals surface area (Å²) < 4.78 is 86.9. The van der Waals surface area contributed by atoms with Crippen LogP contribution in [-0.2, 0) is 34.7 Å². The van der Waals surface area contributed by atoms with Crippen LogP contribution in [0, 0.1) is 6.92 Å². The topological polar surface area (TPSA) is 109 Å². The second-order valence-corrected chi connectivity index (χ2v) is 10.1. The van der Waals surface area contributed by atoms with Gasteiger partial charge < -0.3 is 19.5 Å². The first-order valence-electron chi connectivity index (χ1n) is 10.4. The lowest BCUT2D eigenvalue weighted by Gasteiger charge is -2.37. The maximum absolute atomic E-state index is 13.0. The summed E-state index contributed by atoms with van der Waals surface area (Å²) >= 11 is 0. The number of halogens is 3. The summed E-state index contributed by atoms with van der Waals surface area (Å²) in [7, 11) is -4.03. The third kappa shape index (κ3) is 5.49. The molecule has 3 heterocycles. The lowest BCUT2D eigenvalue weighted by Crippen LogP contribution is -2.55. The van der Waals surface area contributed by atoms with Crippen LogP contribution in [0.4, 0.5) is 19.0 Å². The van der Waals surface area contributed by atoms with Crippen LogP contribution in [0.1, 0.15) is 25.1 Å². The predicted octanol–water partition coefficient (Wildman–Crippen LogP) is 2.91. The minimum atomic E-state index is -4.64. The van der Waals surface area contributed by atoms with Crippen LogP contribution in [0.3, 0.4) is 0 Å². The van der Waals surface area contributed by atoms with Gasteiger partial charge in [-0.1, -0.05) is 17.7 Å². The fourth-order valence-corrected chi connectivity index (χ4v) is 4.71. The monoisotopic (exact) mass is 503 g/mol. The van der Waals surface area contributed by atoms with Crippen LogP contribution in [0.15, 0.2) is 41.6 Å². The number of ether oxygens (including phenoxy) is 3. The van der Waals surface area contributed by atoms with Gasteiger partial charge in [0.15, 0.2) is 11.5 Å². The van der Waals surface area contributed by atoms with Crippen molar-refractivity contribution >= 4 is 15.9 Å². The number of hydrogen-bond donors (Lipinski definition) is 1. The molecule has 9 nitrogen and oxygen atoms in total. The third-order valence-corrected chi connectivity index (χ3v) is 6.67. The van der Waals surface area contributed by atoms with Crippen LogP contribution in [-0.4, -0.2) is 61.7 Å². The van der Waals surface area contributed by atoms with Crippen molar-refractivity contribution in [2.24, 2.45) is 0 Å². The quantitative estimate of drug-likeness (QED) is 0.595. The highest BCUT2D eigenvalue weighted by Crippen LogP contribution is 2.37. The van der Waals surface area contributed by atoms with Crippen molar-refractivity contribution in [3.05, 3.63) is 47.9 Å². The first-order chi connectivity index (χ1) is 15.8. The normalized spacial score (nSPS) is 26.8. The van der Waals surface area contributed by atoms with Gasteiger partial charge in [0.05, 0.1) is 36.5 Å². The third-order valence-electron chi connectivity index (χ3n) is 5.37. The lowest BCUT2D eigenvalue weighted by atomic mass is 9.98. The van der Waals surface area contributed by atoms with Gasteiger partial charge in [0.25, 0.3) is 10.1 Å². The van der Waals surface area contributed by atoms with Gasteiger partial charge in [0, 0.05) is 0 Å². The number of anilines is 1. The number of aromatic nitrogens is 2. The number of fused-ring (bicyclic) bond motifs is 1. The SMILES string of the molecule is Cc1ccc(S(=O)(=O)OC[C@H]2OC[C@H](Nc3cncc(C(F)(F)F)n3)[C@H]3OC(C)(C)O[C@H]32)cc1. The number of rotatable bonds is 6. The Hall–Kier alpha value is -2.32. The molecule has 2 fully saturated rings. The number of aryl methyl sites for hydroxylation is 1. The summed E-state index contributed by atoms with van der Waals surface area (Å²) in [5.41, 5.74) is -0.234. The fraction of sp³-hybridized carbons (Fsp3) is 0.524. The van der Waals surface area contributed by atoms with Crippen LogP contribution in [0.25, 0.3) is 0 Å². The summed E-state index contributed by atoms with van der Waals surface area (Å²) in [6.45, 7) is 4.84. The van der Waals surface area contributed by atoms with E-state index < -0.39 is 52.1 Å². The predicted molar refractivity (Wildman–Crippen MR) is 112 cm³/mol. The number of nitrogens with one attached hydrogen (secondary N) is 1. The minimum Gasteiger partial charge on any atom is -0.371 e. The Morgan fingerprint density at radius 1 is 1.15 bits per heavy atom. The van der Waals surface area contributed by atoms with E-state index in [0.717, 1.165) is 11.8 Å². The molecule has 2 saturated heterocycles. The number of nitrogens with zero attached hydrogens (tertiary/aromatic N) is 2. The van der Waals surface area contributed by atoms with E-state index >= 15 is 0 Å². The molecule has 0 amide bonds. The Balaban J connectivity index is 1.47. The van der Waals surface area contributed by atoms with Gasteiger partial charge in [-0.3, -0.25) is 9.17 Å². The molecule has 2 aliphatic heterocycles. The highest BCUT2D eigenvalue weighted by atomic mass is 32.2. The van der Waals surface area contributed by atoms with Crippen molar-refractivity contribution in [3.8, 4) is 0 Å². The maximum atomic E-state index is 13.0. The Morgan fingerprint density at radius 2 is 1.82 bits per heavy atom. The molecular weight excluding hydrogens is 479 g/mol. The summed E-state index contributed by atoms with van der Waals surface area (Å²) in [6, 6.07) is 5.58. The molecule has 0 saturated carbocycles. The average molecular weight is 503 g/mol. The maximum Gasteiger partial charge on any atom is 0.434 e. The molecule has 0 unspecified atom stereocenters. The van der Waals surface area contributed by atoms with E-state index in [-0.39, 0.29) is 23.9 Å². The molecule has 1 aromatic carbocycles. The first kappa shape index (κ1) is 24.8. The minimum absolute atomic E-state index is 0.0112. The molecule has 13 heteroatoms. The second-order valence-electron chi connectivity index (χ2n) is 8.53. The zero-order valence-electron chi connectivity index (χ0n) is 18.6. The van der Waals surface area contributed by atoms with Crippen molar-refractivity contribution in [3.63, 3.8) is 0 Å². The second kappa shape index (κ2) is 9.04. The van der Waals surface area contributed by atoms with Crippen molar-refractivity contribution < 1.29 is 40.0 Å². The zero-order valence-corrected chi connectivity index (χ0v) is 19.4. The van der Waals surface area contributed by atoms with E-state index in [1.54, 1.807) is 26.0 Å². The van der Waals surface area contributed by atoms with Gasteiger partial charge in [0.1, 0.15) is 24.1 Å². The van der Waals surface area contributed by atoms with Crippen molar-refractivity contribution in [2.75, 3.05) is 18.5 Å². The fourth-order valence-electron chi connectivity index (χ4n) is 3.79. The molecule has 2 aliphatic rings. The largest absolute Gasteiger partial charge is 0.434 e. The average Bonchev–Trinajstić information content (AvgIpc) is 3.09. The summed E-state index contributed by atoms with van der Waals surface area (Å²) in [5.74, 6) is -1.14. The van der Waals surface area contributed by atoms with Crippen LogP contribution >= 0.6 is 0 Å². The molecule has 4 atom stereocenters. The molecule has 34 heavy (non-hydrogen) atoms. The molecule has 1 aromatic heterocycles. The summed E-state index contributed by atoms with van der Waals surface area (Å²) in [4.78, 5) is 7.16. The van der Waals surface area contributed by atoms with Gasteiger partial charge in [-0.25, -0.2) is 4.98 Å². The Kier molecular flexibility index (Phi) is 6.59. The van der Waals surface area contributed by atoms with Gasteiger partial charge in [-0.2, -0.15) is 21.6 Å². The Bertz CT molecular complexity index is 1130. The van der Waals surface area contributed by atoms with Gasteiger partial charge in [-0.15, -0.1) is 0 Å². The van der Waals surface area contributed by atoms with Crippen LogP contribution in [0.2, 0.25) is 0 Å².